The lowest BCUT2D eigenvalue weighted by Crippen LogP contribution is -2.57. The van der Waals surface area contributed by atoms with Crippen molar-refractivity contribution < 1.29 is 38.5 Å². The van der Waals surface area contributed by atoms with Crippen molar-refractivity contribution in [3.8, 4) is 0 Å². The normalized spacial score (nSPS) is 18.6. The summed E-state index contributed by atoms with van der Waals surface area (Å²) >= 11 is 0. The number of benzene rings is 2. The van der Waals surface area contributed by atoms with Crippen LogP contribution < -0.4 is 5.32 Å². The Balaban J connectivity index is 2.01. The van der Waals surface area contributed by atoms with E-state index in [4.69, 9.17) is 14.2 Å². The molecule has 0 bridgehead atoms. The van der Waals surface area contributed by atoms with Crippen molar-refractivity contribution in [2.45, 2.75) is 124 Å². The zero-order chi connectivity index (χ0) is 36.5. The highest BCUT2D eigenvalue weighted by Gasteiger charge is 2.52. The average Bonchev–Trinajstić information content (AvgIpc) is 3.25. The van der Waals surface area contributed by atoms with Gasteiger partial charge < -0.3 is 24.6 Å². The van der Waals surface area contributed by atoms with Crippen molar-refractivity contribution in [3.63, 3.8) is 0 Å². The third-order valence-electron chi connectivity index (χ3n) is 8.17. The van der Waals surface area contributed by atoms with E-state index >= 15 is 0 Å². The van der Waals surface area contributed by atoms with Gasteiger partial charge in [-0.2, -0.15) is 0 Å². The molecule has 0 saturated carbocycles. The van der Waals surface area contributed by atoms with E-state index in [0.29, 0.717) is 6.42 Å². The first-order valence-electron chi connectivity index (χ1n) is 17.1. The highest BCUT2D eigenvalue weighted by Crippen LogP contribution is 2.37. The summed E-state index contributed by atoms with van der Waals surface area (Å²) < 4.78 is 18.1. The van der Waals surface area contributed by atoms with Gasteiger partial charge in [-0.15, -0.1) is 0 Å². The number of hydrogen-bond acceptors (Lipinski definition) is 7. The largest absolute Gasteiger partial charge is 0.480 e. The number of rotatable bonds is 14. The predicted octanol–water partition coefficient (Wildman–Crippen LogP) is 6.64. The van der Waals surface area contributed by atoms with Crippen molar-refractivity contribution in [1.29, 1.82) is 0 Å². The first kappa shape index (κ1) is 39.3. The predicted molar refractivity (Wildman–Crippen MR) is 187 cm³/mol. The molecule has 0 radical (unpaired) electrons. The molecule has 1 saturated heterocycles. The second-order valence-electron chi connectivity index (χ2n) is 15.1. The smallest absolute Gasteiger partial charge is 0.412 e. The van der Waals surface area contributed by atoms with Gasteiger partial charge in [0.25, 0.3) is 0 Å². The summed E-state index contributed by atoms with van der Waals surface area (Å²) in [4.78, 5) is 57.1. The van der Waals surface area contributed by atoms with Crippen molar-refractivity contribution >= 4 is 24.1 Å². The van der Waals surface area contributed by atoms with Crippen LogP contribution in [0.25, 0.3) is 0 Å². The molecule has 3 rings (SSSR count). The van der Waals surface area contributed by atoms with E-state index in [9.17, 15) is 24.3 Å². The van der Waals surface area contributed by atoms with Crippen LogP contribution in [0.5, 0.6) is 0 Å². The van der Waals surface area contributed by atoms with E-state index in [-0.39, 0.29) is 37.8 Å². The Hall–Kier alpha value is -4.12. The van der Waals surface area contributed by atoms with E-state index in [1.807, 2.05) is 64.1 Å². The number of amides is 3. The minimum absolute atomic E-state index is 0.0333. The monoisotopic (exact) mass is 681 g/mol. The second kappa shape index (κ2) is 17.0. The maximum Gasteiger partial charge on any atom is 0.412 e. The molecule has 4 atom stereocenters. The van der Waals surface area contributed by atoms with Crippen LogP contribution in [-0.2, 0) is 36.8 Å². The summed E-state index contributed by atoms with van der Waals surface area (Å²) in [6, 6.07) is 15.4. The molecule has 0 spiro atoms. The topological polar surface area (TPSA) is 135 Å². The maximum atomic E-state index is 14.1. The lowest BCUT2D eigenvalue weighted by Gasteiger charge is -2.36. The Labute approximate surface area is 291 Å². The van der Waals surface area contributed by atoms with Crippen LogP contribution in [-0.4, -0.2) is 81.1 Å². The van der Waals surface area contributed by atoms with Crippen molar-refractivity contribution in [3.05, 3.63) is 71.8 Å². The van der Waals surface area contributed by atoms with Gasteiger partial charge in [-0.3, -0.25) is 14.6 Å². The zero-order valence-electron chi connectivity index (χ0n) is 30.5. The molecule has 0 aliphatic carbocycles. The molecular formula is C38H55N3O8. The van der Waals surface area contributed by atoms with E-state index in [0.717, 1.165) is 11.1 Å². The van der Waals surface area contributed by atoms with Gasteiger partial charge in [0, 0.05) is 6.42 Å². The van der Waals surface area contributed by atoms with Gasteiger partial charge in [0.05, 0.1) is 18.7 Å². The highest BCUT2D eigenvalue weighted by atomic mass is 16.6. The summed E-state index contributed by atoms with van der Waals surface area (Å²) in [5.74, 6) is -1.71. The quantitative estimate of drug-likeness (QED) is 0.227. The average molecular weight is 682 g/mol. The Kier molecular flexibility index (Phi) is 13.6. The Morgan fingerprint density at radius 2 is 1.51 bits per heavy atom. The minimum Gasteiger partial charge on any atom is -0.480 e. The van der Waals surface area contributed by atoms with Crippen molar-refractivity contribution in [1.82, 2.24) is 15.1 Å². The molecule has 1 heterocycles. The lowest BCUT2D eigenvalue weighted by atomic mass is 9.96. The summed E-state index contributed by atoms with van der Waals surface area (Å²) in [6.45, 7) is 16.8. The van der Waals surface area contributed by atoms with E-state index in [1.54, 1.807) is 63.8 Å². The minimum atomic E-state index is -1.23. The molecule has 3 amide bonds. The second-order valence-corrected chi connectivity index (χ2v) is 15.1. The first-order chi connectivity index (χ1) is 22.9. The van der Waals surface area contributed by atoms with Gasteiger partial charge in [0.1, 0.15) is 30.0 Å². The van der Waals surface area contributed by atoms with Crippen molar-refractivity contribution in [2.24, 2.45) is 11.8 Å². The third-order valence-corrected chi connectivity index (χ3v) is 8.17. The van der Waals surface area contributed by atoms with Crippen LogP contribution in [0.4, 0.5) is 9.59 Å². The Morgan fingerprint density at radius 1 is 0.939 bits per heavy atom. The van der Waals surface area contributed by atoms with E-state index in [2.05, 4.69) is 5.32 Å². The Morgan fingerprint density at radius 3 is 2.02 bits per heavy atom. The number of carbonyl (C=O) groups is 4. The molecular weight excluding hydrogens is 626 g/mol. The number of carboxylic acid groups (broad SMARTS) is 1. The van der Waals surface area contributed by atoms with Crippen LogP contribution in [0.3, 0.4) is 0 Å². The SMILES string of the molecule is CC(C)CC1C(CN(C(=O)OCc2ccccc2)[C@@H](CC(C)C)C(=O)N[C@@H](Cc2ccccc2)C(=O)O)OC(C)(C)N1C(=O)OC(C)(C)C. The fourth-order valence-electron chi connectivity index (χ4n) is 6.10. The molecule has 1 aliphatic rings. The molecule has 2 aromatic carbocycles. The number of hydrogen-bond donors (Lipinski definition) is 2. The molecule has 49 heavy (non-hydrogen) atoms. The van der Waals surface area contributed by atoms with Gasteiger partial charge in [-0.1, -0.05) is 88.4 Å². The molecule has 2 aromatic rings. The number of carboxylic acids is 1. The zero-order valence-corrected chi connectivity index (χ0v) is 30.5. The summed E-state index contributed by atoms with van der Waals surface area (Å²) in [5.41, 5.74) is -0.329. The van der Waals surface area contributed by atoms with Gasteiger partial charge in [-0.05, 0) is 70.4 Å². The standard InChI is InChI=1S/C38H55N3O8/c1-25(2)20-30-32(48-38(8,9)41(30)36(46)49-37(5,6)7)23-40(35(45)47-24-28-18-14-11-15-19-28)31(21-26(3)4)33(42)39-29(34(43)44)22-27-16-12-10-13-17-27/h10-19,25-26,29-32H,20-24H2,1-9H3,(H,39,42)(H,43,44)/t29-,30?,31-,32?/m0/s1. The molecule has 0 aromatic heterocycles. The van der Waals surface area contributed by atoms with E-state index < -0.39 is 59.6 Å². The number of carbonyl (C=O) groups excluding carboxylic acids is 3. The number of ether oxygens (including phenoxy) is 3. The van der Waals surface area contributed by atoms with Crippen LogP contribution >= 0.6 is 0 Å². The molecule has 2 N–H and O–H groups in total. The molecule has 11 nitrogen and oxygen atoms in total. The lowest BCUT2D eigenvalue weighted by molar-refractivity contribution is -0.143. The van der Waals surface area contributed by atoms with Gasteiger partial charge >= 0.3 is 18.2 Å². The molecule has 1 fully saturated rings. The fourth-order valence-corrected chi connectivity index (χ4v) is 6.10. The maximum absolute atomic E-state index is 14.1. The number of aliphatic carboxylic acids is 1. The molecule has 1 aliphatic heterocycles. The molecule has 270 valence electrons. The van der Waals surface area contributed by atoms with Gasteiger partial charge in [0.15, 0.2) is 0 Å². The van der Waals surface area contributed by atoms with Crippen LogP contribution in [0.1, 0.15) is 86.3 Å². The summed E-state index contributed by atoms with van der Waals surface area (Å²) in [5, 5.41) is 12.8. The summed E-state index contributed by atoms with van der Waals surface area (Å²) in [7, 11) is 0. The van der Waals surface area contributed by atoms with Crippen LogP contribution in [0, 0.1) is 11.8 Å². The fraction of sp³-hybridized carbons (Fsp3) is 0.579. The first-order valence-corrected chi connectivity index (χ1v) is 17.1. The Bertz CT molecular complexity index is 1390. The van der Waals surface area contributed by atoms with Gasteiger partial charge in [-0.25, -0.2) is 14.4 Å². The number of nitrogens with one attached hydrogen (secondary N) is 1. The van der Waals surface area contributed by atoms with Crippen LogP contribution in [0.15, 0.2) is 60.7 Å². The van der Waals surface area contributed by atoms with Crippen molar-refractivity contribution in [2.75, 3.05) is 6.54 Å². The van der Waals surface area contributed by atoms with Gasteiger partial charge in [0.2, 0.25) is 5.91 Å². The third kappa shape index (κ3) is 11.8. The summed E-state index contributed by atoms with van der Waals surface area (Å²) in [6.07, 6.45) is -1.16. The molecule has 11 heteroatoms. The van der Waals surface area contributed by atoms with Crippen LogP contribution in [0.2, 0.25) is 0 Å². The molecule has 2 unspecified atom stereocenters. The highest BCUT2D eigenvalue weighted by molar-refractivity contribution is 5.89. The van der Waals surface area contributed by atoms with E-state index in [1.165, 1.54) is 4.90 Å². The number of nitrogens with zero attached hydrogens (tertiary/aromatic N) is 2.